The van der Waals surface area contributed by atoms with Gasteiger partial charge in [-0.3, -0.25) is 4.79 Å². The van der Waals surface area contributed by atoms with Gasteiger partial charge in [-0.25, -0.2) is 0 Å². The van der Waals surface area contributed by atoms with Gasteiger partial charge < -0.3 is 16.0 Å². The molecule has 2 rings (SSSR count). The van der Waals surface area contributed by atoms with E-state index < -0.39 is 0 Å². The summed E-state index contributed by atoms with van der Waals surface area (Å²) in [4.78, 5) is 12.4. The molecule has 2 atom stereocenters. The summed E-state index contributed by atoms with van der Waals surface area (Å²) in [5, 5.41) is 22.2. The van der Waals surface area contributed by atoms with Gasteiger partial charge in [-0.1, -0.05) is 38.1 Å². The van der Waals surface area contributed by atoms with Gasteiger partial charge in [0.05, 0.1) is 11.8 Å². The van der Waals surface area contributed by atoms with Crippen molar-refractivity contribution in [2.24, 2.45) is 5.92 Å². The van der Waals surface area contributed by atoms with E-state index in [1.165, 1.54) is 5.56 Å². The Morgan fingerprint density at radius 3 is 2.48 bits per heavy atom. The summed E-state index contributed by atoms with van der Waals surface area (Å²) in [6.07, 6.45) is 0.700. The second kappa shape index (κ2) is 10.1. The lowest BCUT2D eigenvalue weighted by molar-refractivity contribution is -0.121. The molecule has 1 heterocycles. The normalized spacial score (nSPS) is 13.0. The Labute approximate surface area is 165 Å². The van der Waals surface area contributed by atoms with Crippen LogP contribution in [0.4, 0.5) is 5.69 Å². The average molecular weight is 385 g/mol. The first-order chi connectivity index (χ1) is 13.0. The van der Waals surface area contributed by atoms with Gasteiger partial charge >= 0.3 is 0 Å². The van der Waals surface area contributed by atoms with E-state index in [-0.39, 0.29) is 18.5 Å². The second-order valence-electron chi connectivity index (χ2n) is 7.03. The molecule has 0 bridgehead atoms. The van der Waals surface area contributed by atoms with Gasteiger partial charge in [0, 0.05) is 22.4 Å². The molecule has 2 aromatic rings. The highest BCUT2D eigenvalue weighted by Crippen LogP contribution is 2.33. The van der Waals surface area contributed by atoms with Gasteiger partial charge in [-0.05, 0) is 37.4 Å². The van der Waals surface area contributed by atoms with Gasteiger partial charge in [0.15, 0.2) is 0 Å². The molecular formula is C21H28N4OS. The molecule has 6 heteroatoms. The van der Waals surface area contributed by atoms with Gasteiger partial charge in [0.2, 0.25) is 5.91 Å². The van der Waals surface area contributed by atoms with Crippen LogP contribution in [0.5, 0.6) is 0 Å². The Balaban J connectivity index is 2.21. The van der Waals surface area contributed by atoms with Gasteiger partial charge in [-0.15, -0.1) is 11.3 Å². The van der Waals surface area contributed by atoms with E-state index in [0.29, 0.717) is 18.4 Å². The lowest BCUT2D eigenvalue weighted by Gasteiger charge is -2.21. The fourth-order valence-corrected chi connectivity index (χ4v) is 3.69. The van der Waals surface area contributed by atoms with Crippen LogP contribution >= 0.6 is 11.3 Å². The van der Waals surface area contributed by atoms with Crippen molar-refractivity contribution in [1.82, 2.24) is 10.6 Å². The van der Waals surface area contributed by atoms with Crippen LogP contribution in [0.15, 0.2) is 35.0 Å². The minimum atomic E-state index is -0.365. The van der Waals surface area contributed by atoms with Crippen molar-refractivity contribution >= 4 is 22.9 Å². The van der Waals surface area contributed by atoms with E-state index in [1.807, 2.05) is 18.5 Å². The van der Waals surface area contributed by atoms with Crippen LogP contribution in [0.1, 0.15) is 38.8 Å². The Morgan fingerprint density at radius 1 is 1.19 bits per heavy atom. The molecule has 0 aliphatic carbocycles. The van der Waals surface area contributed by atoms with Crippen molar-refractivity contribution in [3.63, 3.8) is 0 Å². The molecule has 0 aliphatic heterocycles. The van der Waals surface area contributed by atoms with Crippen molar-refractivity contribution in [3.05, 3.63) is 40.6 Å². The first kappa shape index (κ1) is 20.9. The first-order valence-corrected chi connectivity index (χ1v) is 10.2. The number of rotatable bonds is 9. The van der Waals surface area contributed by atoms with Crippen molar-refractivity contribution in [2.45, 2.75) is 39.3 Å². The third-order valence-electron chi connectivity index (χ3n) is 4.51. The van der Waals surface area contributed by atoms with Crippen molar-refractivity contribution in [3.8, 4) is 17.2 Å². The maximum absolute atomic E-state index is 12.4. The van der Waals surface area contributed by atoms with Gasteiger partial charge in [-0.2, -0.15) is 5.26 Å². The number of amides is 1. The topological polar surface area (TPSA) is 76.9 Å². The quantitative estimate of drug-likeness (QED) is 0.567. The molecule has 0 aliphatic rings. The van der Waals surface area contributed by atoms with Crippen LogP contribution in [0.3, 0.4) is 0 Å². The Morgan fingerprint density at radius 2 is 1.89 bits per heavy atom. The van der Waals surface area contributed by atoms with E-state index in [1.54, 1.807) is 11.3 Å². The molecular weight excluding hydrogens is 356 g/mol. The molecule has 1 unspecified atom stereocenters. The number of carbonyl (C=O) groups excluding carboxylic acids is 1. The SMILES string of the molecule is CNC(C)c1ccc(-c2cscc2N[C@@H](CC(C)C)C(=O)NCC#N)cc1. The standard InChI is InChI=1S/C21H28N4OS/c1-14(2)11-19(21(26)24-10-9-22)25-20-13-27-12-18(20)17-7-5-16(6-8-17)15(3)23-4/h5-8,12-15,19,23,25H,10-11H2,1-4H3,(H,24,26)/t15?,19-/m0/s1. The molecule has 1 amide bonds. The summed E-state index contributed by atoms with van der Waals surface area (Å²) < 4.78 is 0. The summed E-state index contributed by atoms with van der Waals surface area (Å²) in [7, 11) is 1.95. The number of nitrogens with zero attached hydrogens (tertiary/aromatic N) is 1. The van der Waals surface area contributed by atoms with Gasteiger partial charge in [0.25, 0.3) is 0 Å². The maximum Gasteiger partial charge on any atom is 0.243 e. The van der Waals surface area contributed by atoms with Crippen LogP contribution in [0, 0.1) is 17.2 Å². The second-order valence-corrected chi connectivity index (χ2v) is 7.78. The first-order valence-electron chi connectivity index (χ1n) is 9.21. The van der Waals surface area contributed by atoms with Crippen molar-refractivity contribution < 1.29 is 4.79 Å². The smallest absolute Gasteiger partial charge is 0.243 e. The summed E-state index contributed by atoms with van der Waals surface area (Å²) >= 11 is 1.61. The van der Waals surface area contributed by atoms with Crippen LogP contribution in [-0.2, 0) is 4.79 Å². The Kier molecular flexibility index (Phi) is 7.83. The summed E-state index contributed by atoms with van der Waals surface area (Å²) in [6.45, 7) is 6.32. The summed E-state index contributed by atoms with van der Waals surface area (Å²) in [6, 6.07) is 10.4. The number of hydrogen-bond donors (Lipinski definition) is 3. The highest BCUT2D eigenvalue weighted by atomic mass is 32.1. The predicted octanol–water partition coefficient (Wildman–Crippen LogP) is 4.16. The van der Waals surface area contributed by atoms with E-state index in [0.717, 1.165) is 16.8 Å². The number of nitriles is 1. The fourth-order valence-electron chi connectivity index (χ4n) is 2.89. The minimum Gasteiger partial charge on any atom is -0.372 e. The number of nitrogens with one attached hydrogen (secondary N) is 3. The molecule has 0 spiro atoms. The molecule has 0 radical (unpaired) electrons. The van der Waals surface area contributed by atoms with Crippen LogP contribution < -0.4 is 16.0 Å². The number of carbonyl (C=O) groups is 1. The molecule has 144 valence electrons. The van der Waals surface area contributed by atoms with Crippen molar-refractivity contribution in [1.29, 1.82) is 5.26 Å². The van der Waals surface area contributed by atoms with Crippen LogP contribution in [-0.4, -0.2) is 25.5 Å². The zero-order valence-corrected chi connectivity index (χ0v) is 17.2. The highest BCUT2D eigenvalue weighted by molar-refractivity contribution is 7.08. The van der Waals surface area contributed by atoms with Gasteiger partial charge in [0.1, 0.15) is 12.6 Å². The van der Waals surface area contributed by atoms with E-state index >= 15 is 0 Å². The van der Waals surface area contributed by atoms with Crippen molar-refractivity contribution in [2.75, 3.05) is 18.9 Å². The molecule has 3 N–H and O–H groups in total. The van der Waals surface area contributed by atoms with E-state index in [2.05, 4.69) is 66.4 Å². The Hall–Kier alpha value is -2.36. The van der Waals surface area contributed by atoms with E-state index in [9.17, 15) is 4.79 Å². The number of anilines is 1. The number of hydrogen-bond acceptors (Lipinski definition) is 5. The number of thiophene rings is 1. The number of benzene rings is 1. The zero-order valence-electron chi connectivity index (χ0n) is 16.4. The maximum atomic E-state index is 12.4. The lowest BCUT2D eigenvalue weighted by atomic mass is 10.0. The zero-order chi connectivity index (χ0) is 19.8. The molecule has 0 saturated heterocycles. The monoisotopic (exact) mass is 384 g/mol. The lowest BCUT2D eigenvalue weighted by Crippen LogP contribution is -2.40. The summed E-state index contributed by atoms with van der Waals surface area (Å²) in [5.41, 5.74) is 4.39. The molecule has 5 nitrogen and oxygen atoms in total. The van der Waals surface area contributed by atoms with Crippen LogP contribution in [0.25, 0.3) is 11.1 Å². The molecule has 0 saturated carbocycles. The molecule has 0 fully saturated rings. The minimum absolute atomic E-state index is 0.0245. The van der Waals surface area contributed by atoms with E-state index in [4.69, 9.17) is 5.26 Å². The Bertz CT molecular complexity index is 776. The largest absolute Gasteiger partial charge is 0.372 e. The summed E-state index contributed by atoms with van der Waals surface area (Å²) in [5.74, 6) is 0.223. The highest BCUT2D eigenvalue weighted by Gasteiger charge is 2.21. The fraction of sp³-hybridized carbons (Fsp3) is 0.429. The molecule has 1 aromatic carbocycles. The third-order valence-corrected chi connectivity index (χ3v) is 5.26. The molecule has 1 aromatic heterocycles. The molecule has 27 heavy (non-hydrogen) atoms. The predicted molar refractivity (Wildman–Crippen MR) is 113 cm³/mol. The average Bonchev–Trinajstić information content (AvgIpc) is 3.12. The third kappa shape index (κ3) is 5.81. The van der Waals surface area contributed by atoms with Crippen LogP contribution in [0.2, 0.25) is 0 Å².